The minimum absolute atomic E-state index is 0.0829. The Labute approximate surface area is 137 Å². The molecule has 0 radical (unpaired) electrons. The molecule has 7 nitrogen and oxygen atoms in total. The molecule has 3 rings (SSSR count). The zero-order chi connectivity index (χ0) is 15.9. The lowest BCUT2D eigenvalue weighted by Crippen LogP contribution is -2.14. The summed E-state index contributed by atoms with van der Waals surface area (Å²) in [6, 6.07) is 9.28. The van der Waals surface area contributed by atoms with Gasteiger partial charge in [-0.25, -0.2) is 15.0 Å². The van der Waals surface area contributed by atoms with E-state index in [9.17, 15) is 4.79 Å². The highest BCUT2D eigenvalue weighted by Gasteiger charge is 2.06. The molecule has 0 aromatic carbocycles. The van der Waals surface area contributed by atoms with E-state index in [-0.39, 0.29) is 5.91 Å². The molecule has 0 bridgehead atoms. The lowest BCUT2D eigenvalue weighted by atomic mass is 10.3. The molecule has 23 heavy (non-hydrogen) atoms. The van der Waals surface area contributed by atoms with E-state index >= 15 is 0 Å². The van der Waals surface area contributed by atoms with Gasteiger partial charge in [-0.15, -0.1) is 0 Å². The third-order valence-corrected chi connectivity index (χ3v) is 3.78. The largest absolute Gasteiger partial charge is 0.326 e. The first-order valence-electron chi connectivity index (χ1n) is 6.97. The Bertz CT molecular complexity index is 763. The van der Waals surface area contributed by atoms with Crippen LogP contribution in [0.4, 0.5) is 5.69 Å². The van der Waals surface area contributed by atoms with Gasteiger partial charge >= 0.3 is 0 Å². The minimum atomic E-state index is -0.0829. The maximum atomic E-state index is 12.0. The van der Waals surface area contributed by atoms with Gasteiger partial charge in [0.05, 0.1) is 6.54 Å². The molecule has 8 heteroatoms. The smallest absolute Gasteiger partial charge is 0.226 e. The number of aryl methyl sites for hydroxylation is 1. The molecule has 116 valence electrons. The second-order valence-corrected chi connectivity index (χ2v) is 5.65. The molecule has 3 heterocycles. The van der Waals surface area contributed by atoms with Gasteiger partial charge in [0, 0.05) is 24.5 Å². The van der Waals surface area contributed by atoms with E-state index in [1.54, 1.807) is 29.5 Å². The van der Waals surface area contributed by atoms with Crippen molar-refractivity contribution < 1.29 is 4.79 Å². The van der Waals surface area contributed by atoms with Gasteiger partial charge in [-0.3, -0.25) is 9.48 Å². The number of nitrogens with one attached hydrogen (secondary N) is 1. The normalized spacial score (nSPS) is 10.4. The van der Waals surface area contributed by atoms with Crippen molar-refractivity contribution in [1.29, 1.82) is 0 Å². The molecule has 0 fully saturated rings. The van der Waals surface area contributed by atoms with Gasteiger partial charge in [-0.1, -0.05) is 17.8 Å². The molecule has 3 aromatic rings. The van der Waals surface area contributed by atoms with Gasteiger partial charge in [0.1, 0.15) is 22.7 Å². The summed E-state index contributed by atoms with van der Waals surface area (Å²) in [7, 11) is 0. The minimum Gasteiger partial charge on any atom is -0.326 e. The Morgan fingerprint density at radius 3 is 2.87 bits per heavy atom. The molecule has 0 atom stereocenters. The van der Waals surface area contributed by atoms with Crippen LogP contribution in [0.15, 0.2) is 65.4 Å². The van der Waals surface area contributed by atoms with E-state index in [2.05, 4.69) is 25.4 Å². The van der Waals surface area contributed by atoms with Crippen LogP contribution in [-0.4, -0.2) is 30.6 Å². The van der Waals surface area contributed by atoms with Crippen molar-refractivity contribution >= 4 is 23.4 Å². The fourth-order valence-electron chi connectivity index (χ4n) is 1.85. The first-order valence-corrected chi connectivity index (χ1v) is 7.78. The van der Waals surface area contributed by atoms with Crippen molar-refractivity contribution in [2.45, 2.75) is 23.0 Å². The summed E-state index contributed by atoms with van der Waals surface area (Å²) in [5.74, 6) is -0.0829. The third-order valence-electron chi connectivity index (χ3n) is 2.90. The predicted octanol–water partition coefficient (Wildman–Crippen LogP) is 2.25. The summed E-state index contributed by atoms with van der Waals surface area (Å²) in [4.78, 5) is 24.3. The monoisotopic (exact) mass is 326 g/mol. The highest BCUT2D eigenvalue weighted by Crippen LogP contribution is 2.25. The molecule has 0 aliphatic rings. The number of anilines is 1. The lowest BCUT2D eigenvalue weighted by Gasteiger charge is -2.06. The van der Waals surface area contributed by atoms with Crippen LogP contribution in [0.1, 0.15) is 6.42 Å². The van der Waals surface area contributed by atoms with Crippen LogP contribution in [0.5, 0.6) is 0 Å². The van der Waals surface area contributed by atoms with Gasteiger partial charge < -0.3 is 5.32 Å². The van der Waals surface area contributed by atoms with E-state index in [1.807, 2.05) is 24.3 Å². The van der Waals surface area contributed by atoms with Crippen molar-refractivity contribution in [3.05, 3.63) is 55.4 Å². The number of rotatable bonds is 6. The summed E-state index contributed by atoms with van der Waals surface area (Å²) in [6.07, 6.45) is 6.76. The predicted molar refractivity (Wildman–Crippen MR) is 85.9 cm³/mol. The number of nitrogens with zero attached hydrogens (tertiary/aromatic N) is 5. The summed E-state index contributed by atoms with van der Waals surface area (Å²) in [5.41, 5.74) is 0.710. The van der Waals surface area contributed by atoms with Crippen LogP contribution in [-0.2, 0) is 11.3 Å². The van der Waals surface area contributed by atoms with Crippen LogP contribution < -0.4 is 5.32 Å². The van der Waals surface area contributed by atoms with Crippen LogP contribution in [0, 0.1) is 0 Å². The zero-order valence-electron chi connectivity index (χ0n) is 12.2. The van der Waals surface area contributed by atoms with Gasteiger partial charge in [0.15, 0.2) is 0 Å². The van der Waals surface area contributed by atoms with Crippen LogP contribution in [0.25, 0.3) is 0 Å². The molecule has 0 saturated carbocycles. The third kappa shape index (κ3) is 4.62. The topological polar surface area (TPSA) is 85.6 Å². The van der Waals surface area contributed by atoms with Gasteiger partial charge in [0.2, 0.25) is 5.91 Å². The van der Waals surface area contributed by atoms with E-state index in [4.69, 9.17) is 0 Å². The van der Waals surface area contributed by atoms with Crippen molar-refractivity contribution in [3.63, 3.8) is 0 Å². The maximum Gasteiger partial charge on any atom is 0.226 e. The zero-order valence-corrected chi connectivity index (χ0v) is 13.0. The standard InChI is InChI=1S/C15H14N6OS/c22-13(5-8-21-11-16-10-19-21)20-12-4-7-18-15(9-12)23-14-3-1-2-6-17-14/h1-4,6-7,9-11H,5,8H2,(H,18,20,22). The van der Waals surface area contributed by atoms with Crippen LogP contribution in [0.2, 0.25) is 0 Å². The summed E-state index contributed by atoms with van der Waals surface area (Å²) in [6.45, 7) is 0.493. The number of carbonyl (C=O) groups excluding carboxylic acids is 1. The average molecular weight is 326 g/mol. The quantitative estimate of drug-likeness (QED) is 0.748. The second-order valence-electron chi connectivity index (χ2n) is 4.61. The molecule has 0 aliphatic carbocycles. The van der Waals surface area contributed by atoms with Crippen LogP contribution in [0.3, 0.4) is 0 Å². The molecular weight excluding hydrogens is 312 g/mol. The van der Waals surface area contributed by atoms with E-state index in [1.165, 1.54) is 18.1 Å². The van der Waals surface area contributed by atoms with Crippen molar-refractivity contribution in [2.24, 2.45) is 0 Å². The average Bonchev–Trinajstić information content (AvgIpc) is 3.08. The Morgan fingerprint density at radius 1 is 1.17 bits per heavy atom. The van der Waals surface area contributed by atoms with E-state index in [0.29, 0.717) is 18.7 Å². The van der Waals surface area contributed by atoms with Gasteiger partial charge in [-0.05, 0) is 24.3 Å². The molecule has 0 spiro atoms. The highest BCUT2D eigenvalue weighted by atomic mass is 32.2. The Morgan fingerprint density at radius 2 is 2.09 bits per heavy atom. The molecule has 3 aromatic heterocycles. The fraction of sp³-hybridized carbons (Fsp3) is 0.133. The Balaban J connectivity index is 1.57. The summed E-state index contributed by atoms with van der Waals surface area (Å²) >= 11 is 1.44. The fourth-order valence-corrected chi connectivity index (χ4v) is 2.62. The molecule has 0 aliphatic heterocycles. The summed E-state index contributed by atoms with van der Waals surface area (Å²) in [5, 5.41) is 8.45. The first kappa shape index (κ1) is 15.2. The number of hydrogen-bond donors (Lipinski definition) is 1. The number of hydrogen-bond acceptors (Lipinski definition) is 6. The number of pyridine rings is 2. The SMILES string of the molecule is O=C(CCn1cncn1)Nc1ccnc(Sc2ccccn2)c1. The van der Waals surface area contributed by atoms with Crippen molar-refractivity contribution in [2.75, 3.05) is 5.32 Å². The maximum absolute atomic E-state index is 12.0. The number of carbonyl (C=O) groups is 1. The molecule has 1 N–H and O–H groups in total. The Kier molecular flexibility index (Phi) is 4.95. The van der Waals surface area contributed by atoms with Gasteiger partial charge in [0.25, 0.3) is 0 Å². The molecule has 0 unspecified atom stereocenters. The molecule has 0 saturated heterocycles. The number of aromatic nitrogens is 5. The lowest BCUT2D eigenvalue weighted by molar-refractivity contribution is -0.116. The van der Waals surface area contributed by atoms with E-state index < -0.39 is 0 Å². The second kappa shape index (κ2) is 7.50. The van der Waals surface area contributed by atoms with Gasteiger partial charge in [-0.2, -0.15) is 5.10 Å². The van der Waals surface area contributed by atoms with Crippen molar-refractivity contribution in [1.82, 2.24) is 24.7 Å². The molecular formula is C15H14N6OS. The number of amides is 1. The molecule has 1 amide bonds. The first-order chi connectivity index (χ1) is 11.3. The highest BCUT2D eigenvalue weighted by molar-refractivity contribution is 7.99. The van der Waals surface area contributed by atoms with Crippen molar-refractivity contribution in [3.8, 4) is 0 Å². The van der Waals surface area contributed by atoms with E-state index in [0.717, 1.165) is 10.1 Å². The van der Waals surface area contributed by atoms with Crippen LogP contribution >= 0.6 is 11.8 Å². The Hall–Kier alpha value is -2.74. The summed E-state index contributed by atoms with van der Waals surface area (Å²) < 4.78 is 1.62.